The standard InChI is InChI=1S/C19H21ClN2O5/c1-4-25-18-10-15(9-17(20)19(18)27-13(2)3)11-21-26-12-14-6-5-7-16(8-14)22(23)24/h5-11,13H,4,12H2,1-3H3/b21-11-. The van der Waals surface area contributed by atoms with Crippen LogP contribution in [0.3, 0.4) is 0 Å². The first kappa shape index (κ1) is 20.5. The van der Waals surface area contributed by atoms with Crippen LogP contribution in [0.25, 0.3) is 0 Å². The van der Waals surface area contributed by atoms with Crippen LogP contribution in [0.15, 0.2) is 41.6 Å². The van der Waals surface area contributed by atoms with Crippen molar-refractivity contribution < 1.29 is 19.2 Å². The Labute approximate surface area is 162 Å². The summed E-state index contributed by atoms with van der Waals surface area (Å²) in [5, 5.41) is 15.1. The number of nitrogens with zero attached hydrogens (tertiary/aromatic N) is 2. The summed E-state index contributed by atoms with van der Waals surface area (Å²) in [5.74, 6) is 1.02. The van der Waals surface area contributed by atoms with Gasteiger partial charge in [-0.1, -0.05) is 28.9 Å². The maximum atomic E-state index is 10.8. The number of hydrogen-bond donors (Lipinski definition) is 0. The van der Waals surface area contributed by atoms with E-state index in [2.05, 4.69) is 5.16 Å². The largest absolute Gasteiger partial charge is 0.490 e. The van der Waals surface area contributed by atoms with Crippen LogP contribution in [0.2, 0.25) is 5.02 Å². The second-order valence-electron chi connectivity index (χ2n) is 5.86. The number of non-ortho nitro benzene ring substituents is 1. The SMILES string of the molecule is CCOc1cc(/C=N\OCc2cccc([N+](=O)[O-])c2)cc(Cl)c1OC(C)C. The van der Waals surface area contributed by atoms with Crippen LogP contribution in [0.5, 0.6) is 11.5 Å². The van der Waals surface area contributed by atoms with Gasteiger partial charge in [0.05, 0.1) is 28.9 Å². The Morgan fingerprint density at radius 3 is 2.74 bits per heavy atom. The molecule has 0 saturated heterocycles. The highest BCUT2D eigenvalue weighted by molar-refractivity contribution is 6.32. The molecule has 0 amide bonds. The molecule has 27 heavy (non-hydrogen) atoms. The van der Waals surface area contributed by atoms with E-state index in [1.54, 1.807) is 24.3 Å². The topological polar surface area (TPSA) is 83.2 Å². The molecule has 0 radical (unpaired) electrons. The van der Waals surface area contributed by atoms with Crippen LogP contribution >= 0.6 is 11.6 Å². The zero-order chi connectivity index (χ0) is 19.8. The monoisotopic (exact) mass is 392 g/mol. The molecule has 144 valence electrons. The Morgan fingerprint density at radius 2 is 2.07 bits per heavy atom. The van der Waals surface area contributed by atoms with E-state index in [0.717, 1.165) is 0 Å². The zero-order valence-corrected chi connectivity index (χ0v) is 16.1. The van der Waals surface area contributed by atoms with Gasteiger partial charge in [0.25, 0.3) is 5.69 Å². The smallest absolute Gasteiger partial charge is 0.269 e. The average molecular weight is 393 g/mol. The summed E-state index contributed by atoms with van der Waals surface area (Å²) in [7, 11) is 0. The number of oxime groups is 1. The van der Waals surface area contributed by atoms with Crippen molar-refractivity contribution in [2.24, 2.45) is 5.16 Å². The van der Waals surface area contributed by atoms with Gasteiger partial charge in [-0.25, -0.2) is 0 Å². The third-order valence-corrected chi connectivity index (χ3v) is 3.59. The number of benzene rings is 2. The summed E-state index contributed by atoms with van der Waals surface area (Å²) in [5.41, 5.74) is 1.34. The summed E-state index contributed by atoms with van der Waals surface area (Å²) in [6, 6.07) is 9.64. The first-order chi connectivity index (χ1) is 12.9. The summed E-state index contributed by atoms with van der Waals surface area (Å²) >= 11 is 6.30. The molecule has 0 atom stereocenters. The molecular weight excluding hydrogens is 372 g/mol. The first-order valence-corrected chi connectivity index (χ1v) is 8.80. The van der Waals surface area contributed by atoms with Crippen molar-refractivity contribution in [3.05, 3.63) is 62.7 Å². The van der Waals surface area contributed by atoms with Crippen LogP contribution in [0, 0.1) is 10.1 Å². The van der Waals surface area contributed by atoms with E-state index < -0.39 is 4.92 Å². The van der Waals surface area contributed by atoms with Gasteiger partial charge < -0.3 is 14.3 Å². The molecule has 0 spiro atoms. The second-order valence-corrected chi connectivity index (χ2v) is 6.27. The first-order valence-electron chi connectivity index (χ1n) is 8.42. The van der Waals surface area contributed by atoms with Gasteiger partial charge in [-0.2, -0.15) is 0 Å². The highest BCUT2D eigenvalue weighted by Gasteiger charge is 2.13. The van der Waals surface area contributed by atoms with Crippen molar-refractivity contribution in [3.8, 4) is 11.5 Å². The lowest BCUT2D eigenvalue weighted by Crippen LogP contribution is -2.08. The number of nitro benzene ring substituents is 1. The fourth-order valence-corrected chi connectivity index (χ4v) is 2.51. The molecule has 0 aromatic heterocycles. The Kier molecular flexibility index (Phi) is 7.43. The van der Waals surface area contributed by atoms with Gasteiger partial charge in [-0.05, 0) is 38.5 Å². The average Bonchev–Trinajstić information content (AvgIpc) is 2.62. The molecule has 8 heteroatoms. The Balaban J connectivity index is 2.08. The van der Waals surface area contributed by atoms with Gasteiger partial charge in [0.2, 0.25) is 0 Å². The molecule has 0 aliphatic heterocycles. The molecule has 0 fully saturated rings. The number of halogens is 1. The molecule has 0 unspecified atom stereocenters. The van der Waals surface area contributed by atoms with E-state index in [9.17, 15) is 10.1 Å². The maximum absolute atomic E-state index is 10.8. The molecule has 7 nitrogen and oxygen atoms in total. The van der Waals surface area contributed by atoms with Crippen LogP contribution in [0.1, 0.15) is 31.9 Å². The fourth-order valence-electron chi connectivity index (χ4n) is 2.25. The lowest BCUT2D eigenvalue weighted by Gasteiger charge is -2.16. The normalized spacial score (nSPS) is 11.0. The highest BCUT2D eigenvalue weighted by atomic mass is 35.5. The van der Waals surface area contributed by atoms with Crippen molar-refractivity contribution in [2.45, 2.75) is 33.5 Å². The minimum Gasteiger partial charge on any atom is -0.490 e. The quantitative estimate of drug-likeness (QED) is 0.341. The highest BCUT2D eigenvalue weighted by Crippen LogP contribution is 2.37. The van der Waals surface area contributed by atoms with E-state index in [1.165, 1.54) is 18.3 Å². The third-order valence-electron chi connectivity index (χ3n) is 3.31. The lowest BCUT2D eigenvalue weighted by atomic mass is 10.2. The molecule has 0 aliphatic carbocycles. The molecule has 0 aliphatic rings. The molecule has 0 bridgehead atoms. The van der Waals surface area contributed by atoms with Crippen LogP contribution in [-0.4, -0.2) is 23.8 Å². The molecule has 0 heterocycles. The molecule has 0 N–H and O–H groups in total. The Hall–Kier alpha value is -2.80. The Morgan fingerprint density at radius 1 is 1.30 bits per heavy atom. The van der Waals surface area contributed by atoms with E-state index in [0.29, 0.717) is 34.3 Å². The lowest BCUT2D eigenvalue weighted by molar-refractivity contribution is -0.384. The minimum absolute atomic E-state index is 0.00830. The Bertz CT molecular complexity index is 824. The molecule has 2 aromatic carbocycles. The number of hydrogen-bond acceptors (Lipinski definition) is 6. The maximum Gasteiger partial charge on any atom is 0.269 e. The van der Waals surface area contributed by atoms with Crippen molar-refractivity contribution in [2.75, 3.05) is 6.61 Å². The second kappa shape index (κ2) is 9.78. The third kappa shape index (κ3) is 6.14. The van der Waals surface area contributed by atoms with Crippen LogP contribution in [0.4, 0.5) is 5.69 Å². The van der Waals surface area contributed by atoms with E-state index >= 15 is 0 Å². The van der Waals surface area contributed by atoms with Crippen LogP contribution in [-0.2, 0) is 11.4 Å². The molecule has 0 saturated carbocycles. The zero-order valence-electron chi connectivity index (χ0n) is 15.3. The molecular formula is C19H21ClN2O5. The van der Waals surface area contributed by atoms with Gasteiger partial charge in [-0.15, -0.1) is 0 Å². The van der Waals surface area contributed by atoms with Gasteiger partial charge in [0.15, 0.2) is 11.5 Å². The van der Waals surface area contributed by atoms with Gasteiger partial charge in [0.1, 0.15) is 6.61 Å². The molecule has 2 rings (SSSR count). The van der Waals surface area contributed by atoms with Gasteiger partial charge in [-0.3, -0.25) is 10.1 Å². The van der Waals surface area contributed by atoms with Gasteiger partial charge in [0, 0.05) is 17.7 Å². The number of ether oxygens (including phenoxy) is 2. The summed E-state index contributed by atoms with van der Waals surface area (Å²) < 4.78 is 11.3. The fraction of sp³-hybridized carbons (Fsp3) is 0.316. The summed E-state index contributed by atoms with van der Waals surface area (Å²) in [6.45, 7) is 6.26. The van der Waals surface area contributed by atoms with E-state index in [-0.39, 0.29) is 18.4 Å². The predicted octanol–water partition coefficient (Wildman–Crippen LogP) is 4.98. The van der Waals surface area contributed by atoms with Crippen LogP contribution < -0.4 is 9.47 Å². The summed E-state index contributed by atoms with van der Waals surface area (Å²) in [4.78, 5) is 15.6. The minimum atomic E-state index is -0.454. The van der Waals surface area contributed by atoms with E-state index in [4.69, 9.17) is 25.9 Å². The number of nitro groups is 1. The van der Waals surface area contributed by atoms with E-state index in [1.807, 2.05) is 20.8 Å². The van der Waals surface area contributed by atoms with Crippen molar-refractivity contribution >= 4 is 23.5 Å². The number of rotatable bonds is 9. The summed E-state index contributed by atoms with van der Waals surface area (Å²) in [6.07, 6.45) is 1.45. The van der Waals surface area contributed by atoms with Crippen molar-refractivity contribution in [1.82, 2.24) is 0 Å². The van der Waals surface area contributed by atoms with Crippen molar-refractivity contribution in [3.63, 3.8) is 0 Å². The predicted molar refractivity (Wildman–Crippen MR) is 104 cm³/mol. The van der Waals surface area contributed by atoms with Gasteiger partial charge >= 0.3 is 0 Å². The van der Waals surface area contributed by atoms with Crippen molar-refractivity contribution in [1.29, 1.82) is 0 Å². The molecule has 2 aromatic rings.